The molecule has 0 spiro atoms. The zero-order valence-corrected chi connectivity index (χ0v) is 14.3. The van der Waals surface area contributed by atoms with E-state index in [9.17, 15) is 22.5 Å². The molecule has 0 aliphatic heterocycles. The van der Waals surface area contributed by atoms with Crippen LogP contribution in [-0.4, -0.2) is 37.1 Å². The molecule has 0 saturated carbocycles. The molecule has 0 saturated heterocycles. The first-order valence-electron chi connectivity index (χ1n) is 7.49. The molecule has 0 fully saturated rings. The van der Waals surface area contributed by atoms with Crippen LogP contribution in [0, 0.1) is 0 Å². The van der Waals surface area contributed by atoms with Crippen LogP contribution in [0.4, 0.5) is 13.2 Å². The number of fused-ring (bicyclic) bond motifs is 1. The fourth-order valence-electron chi connectivity index (χ4n) is 2.32. The van der Waals surface area contributed by atoms with E-state index in [1.807, 2.05) is 0 Å². The van der Waals surface area contributed by atoms with Crippen LogP contribution in [0.25, 0.3) is 11.0 Å². The molecule has 1 aromatic carbocycles. The van der Waals surface area contributed by atoms with Gasteiger partial charge < -0.3 is 14.8 Å². The van der Waals surface area contributed by atoms with Gasteiger partial charge in [-0.1, -0.05) is 12.1 Å². The number of hydrogen-bond acceptors (Lipinski definition) is 5. The number of rotatable bonds is 5. The van der Waals surface area contributed by atoms with Crippen molar-refractivity contribution in [3.05, 3.63) is 42.2 Å². The van der Waals surface area contributed by atoms with Crippen molar-refractivity contribution in [3.63, 3.8) is 0 Å². The molecule has 2 unspecified atom stereocenters. The molecule has 0 bridgehead atoms. The average molecular weight is 385 g/mol. The van der Waals surface area contributed by atoms with Crippen LogP contribution in [0.15, 0.2) is 41.7 Å². The number of imidazole rings is 1. The van der Waals surface area contributed by atoms with Crippen molar-refractivity contribution in [2.75, 3.05) is 6.61 Å². The highest BCUT2D eigenvalue weighted by molar-refractivity contribution is 7.85. The van der Waals surface area contributed by atoms with Crippen LogP contribution in [0.1, 0.15) is 17.9 Å². The maximum Gasteiger partial charge on any atom is 0.422 e. The van der Waals surface area contributed by atoms with Crippen LogP contribution >= 0.6 is 0 Å². The summed E-state index contributed by atoms with van der Waals surface area (Å²) in [6.45, 7) is -0.0239. The third kappa shape index (κ3) is 3.79. The minimum atomic E-state index is -4.54. The molecule has 2 atom stereocenters. The Kier molecular flexibility index (Phi) is 4.86. The van der Waals surface area contributed by atoms with E-state index >= 15 is 0 Å². The predicted octanol–water partition coefficient (Wildman–Crippen LogP) is 3.47. The van der Waals surface area contributed by atoms with Crippen molar-refractivity contribution in [1.29, 1.82) is 0 Å². The number of nitrogens with zero attached hydrogens (tertiary/aromatic N) is 2. The molecule has 0 aliphatic carbocycles. The minimum Gasteiger partial charge on any atom is -0.503 e. The fourth-order valence-corrected chi connectivity index (χ4v) is 3.43. The Morgan fingerprint density at radius 3 is 2.73 bits per heavy atom. The summed E-state index contributed by atoms with van der Waals surface area (Å²) in [4.78, 5) is 11.1. The highest BCUT2D eigenvalue weighted by Gasteiger charge is 2.30. The molecule has 6 nitrogen and oxygen atoms in total. The van der Waals surface area contributed by atoms with Gasteiger partial charge in [-0.05, 0) is 19.1 Å². The number of aromatic hydroxyl groups is 1. The maximum absolute atomic E-state index is 12.7. The molecule has 26 heavy (non-hydrogen) atoms. The van der Waals surface area contributed by atoms with Crippen LogP contribution in [0.2, 0.25) is 0 Å². The summed E-state index contributed by atoms with van der Waals surface area (Å²) in [6, 6.07) is 8.22. The van der Waals surface area contributed by atoms with Gasteiger partial charge in [-0.25, -0.2) is 4.98 Å². The Morgan fingerprint density at radius 1 is 1.31 bits per heavy atom. The van der Waals surface area contributed by atoms with Gasteiger partial charge in [0.1, 0.15) is 5.69 Å². The normalized spacial score (nSPS) is 14.3. The van der Waals surface area contributed by atoms with E-state index in [1.54, 1.807) is 24.3 Å². The lowest BCUT2D eigenvalue weighted by Crippen LogP contribution is -2.19. The summed E-state index contributed by atoms with van der Waals surface area (Å²) in [5, 5.41) is 9.52. The molecule has 3 aromatic rings. The van der Waals surface area contributed by atoms with Crippen LogP contribution in [-0.2, 0) is 10.8 Å². The molecule has 2 heterocycles. The first-order valence-corrected chi connectivity index (χ1v) is 8.70. The molecular formula is C16H14F3N3O3S. The quantitative estimate of drug-likeness (QED) is 0.702. The summed E-state index contributed by atoms with van der Waals surface area (Å²) in [5.41, 5.74) is 1.29. The van der Waals surface area contributed by atoms with E-state index in [4.69, 9.17) is 0 Å². The maximum atomic E-state index is 12.7. The van der Waals surface area contributed by atoms with Gasteiger partial charge in [0.15, 0.2) is 23.3 Å². The van der Waals surface area contributed by atoms with Crippen molar-refractivity contribution in [2.24, 2.45) is 0 Å². The smallest absolute Gasteiger partial charge is 0.422 e. The Bertz CT molecular complexity index is 926. The van der Waals surface area contributed by atoms with Gasteiger partial charge in [0, 0.05) is 12.3 Å². The molecule has 2 aromatic heterocycles. The highest BCUT2D eigenvalue weighted by atomic mass is 32.2. The number of aromatic amines is 1. The molecule has 0 aliphatic rings. The first-order chi connectivity index (χ1) is 12.3. The summed E-state index contributed by atoms with van der Waals surface area (Å²) in [6.07, 6.45) is -3.36. The summed E-state index contributed by atoms with van der Waals surface area (Å²) in [5.74, 6) is -0.950. The third-order valence-corrected chi connectivity index (χ3v) is 5.01. The van der Waals surface area contributed by atoms with E-state index in [0.29, 0.717) is 11.0 Å². The largest absolute Gasteiger partial charge is 0.503 e. The molecule has 138 valence electrons. The van der Waals surface area contributed by atoms with Gasteiger partial charge in [-0.3, -0.25) is 9.19 Å². The van der Waals surface area contributed by atoms with Crippen molar-refractivity contribution >= 4 is 21.8 Å². The lowest BCUT2D eigenvalue weighted by molar-refractivity contribution is -0.153. The van der Waals surface area contributed by atoms with Crippen molar-refractivity contribution < 1.29 is 27.2 Å². The van der Waals surface area contributed by atoms with E-state index < -0.39 is 34.6 Å². The Hall–Kier alpha value is -2.62. The number of benzene rings is 1. The number of halogens is 3. The Balaban J connectivity index is 1.86. The zero-order chi connectivity index (χ0) is 18.9. The van der Waals surface area contributed by atoms with E-state index in [1.165, 1.54) is 13.1 Å². The van der Waals surface area contributed by atoms with E-state index in [-0.39, 0.29) is 16.6 Å². The zero-order valence-electron chi connectivity index (χ0n) is 13.4. The molecule has 2 N–H and O–H groups in total. The number of aromatic nitrogens is 3. The first kappa shape index (κ1) is 18.2. The monoisotopic (exact) mass is 385 g/mol. The number of hydrogen-bond donors (Lipinski definition) is 2. The molecular weight excluding hydrogens is 371 g/mol. The lowest BCUT2D eigenvalue weighted by atomic mass is 10.2. The summed E-state index contributed by atoms with van der Waals surface area (Å²) >= 11 is 0. The number of pyridine rings is 1. The topological polar surface area (TPSA) is 88.1 Å². The number of para-hydroxylation sites is 2. The predicted molar refractivity (Wildman–Crippen MR) is 88.4 cm³/mol. The van der Waals surface area contributed by atoms with Gasteiger partial charge >= 0.3 is 6.18 Å². The third-order valence-electron chi connectivity index (χ3n) is 3.57. The van der Waals surface area contributed by atoms with Crippen LogP contribution in [0.5, 0.6) is 11.5 Å². The fraction of sp³-hybridized carbons (Fsp3) is 0.250. The minimum absolute atomic E-state index is 0.0385. The molecule has 3 rings (SSSR count). The second-order valence-electron chi connectivity index (χ2n) is 5.45. The second-order valence-corrected chi connectivity index (χ2v) is 7.13. The van der Waals surface area contributed by atoms with Crippen LogP contribution in [0.3, 0.4) is 0 Å². The van der Waals surface area contributed by atoms with Gasteiger partial charge in [0.2, 0.25) is 0 Å². The highest BCUT2D eigenvalue weighted by Crippen LogP contribution is 2.36. The number of alkyl halides is 3. The SMILES string of the molecule is CC(c1nccc(OCC(F)(F)F)c1O)S(=O)c1nc2ccccc2[nH]1. The molecule has 0 radical (unpaired) electrons. The standard InChI is InChI=1S/C16H14F3N3O3S/c1-9(26(24)15-21-10-4-2-3-5-11(10)22-15)13-14(23)12(6-7-20-13)25-8-16(17,18)19/h2-7,9,23H,8H2,1H3,(H,21,22). The summed E-state index contributed by atoms with van der Waals surface area (Å²) < 4.78 is 54.2. The second kappa shape index (κ2) is 6.94. The lowest BCUT2D eigenvalue weighted by Gasteiger charge is -2.15. The van der Waals surface area contributed by atoms with Crippen molar-refractivity contribution in [2.45, 2.75) is 23.5 Å². The number of H-pyrrole nitrogens is 1. The van der Waals surface area contributed by atoms with Gasteiger partial charge in [-0.15, -0.1) is 0 Å². The van der Waals surface area contributed by atoms with Crippen molar-refractivity contribution in [1.82, 2.24) is 15.0 Å². The van der Waals surface area contributed by atoms with E-state index in [2.05, 4.69) is 19.7 Å². The van der Waals surface area contributed by atoms with Gasteiger partial charge in [-0.2, -0.15) is 13.2 Å². The average Bonchev–Trinajstić information content (AvgIpc) is 3.03. The molecule has 10 heteroatoms. The molecule has 0 amide bonds. The van der Waals surface area contributed by atoms with Gasteiger partial charge in [0.05, 0.1) is 27.1 Å². The van der Waals surface area contributed by atoms with E-state index in [0.717, 1.165) is 6.07 Å². The van der Waals surface area contributed by atoms with Crippen molar-refractivity contribution in [3.8, 4) is 11.5 Å². The Labute approximate surface area is 148 Å². The number of nitrogens with one attached hydrogen (secondary N) is 1. The number of ether oxygens (including phenoxy) is 1. The van der Waals surface area contributed by atoms with Crippen LogP contribution < -0.4 is 4.74 Å². The van der Waals surface area contributed by atoms with Gasteiger partial charge in [0.25, 0.3) is 0 Å². The Morgan fingerprint density at radius 2 is 2.04 bits per heavy atom. The summed E-state index contributed by atoms with van der Waals surface area (Å²) in [7, 11) is -1.72.